The van der Waals surface area contributed by atoms with Crippen LogP contribution in [-0.4, -0.2) is 36.8 Å². The van der Waals surface area contributed by atoms with Gasteiger partial charge in [-0.15, -0.1) is 0 Å². The van der Waals surface area contributed by atoms with Gasteiger partial charge in [-0.2, -0.15) is 0 Å². The van der Waals surface area contributed by atoms with E-state index in [9.17, 15) is 4.39 Å². The molecule has 0 aliphatic heterocycles. The van der Waals surface area contributed by atoms with Gasteiger partial charge in [0.05, 0.1) is 6.61 Å². The average Bonchev–Trinajstić information content (AvgIpc) is 2.40. The van der Waals surface area contributed by atoms with Crippen LogP contribution in [0.5, 0.6) is 0 Å². The van der Waals surface area contributed by atoms with Crippen LogP contribution < -0.4 is 0 Å². The smallest absolute Gasteiger partial charge is 0.123 e. The SMILES string of the molecule is CN(CCO)C[C@@H]1CCC[C@@H](c2ccc(F)cc2)C1. The van der Waals surface area contributed by atoms with Crippen LogP contribution >= 0.6 is 0 Å². The van der Waals surface area contributed by atoms with E-state index in [-0.39, 0.29) is 12.4 Å². The predicted octanol–water partition coefficient (Wildman–Crippen LogP) is 3.02. The summed E-state index contributed by atoms with van der Waals surface area (Å²) in [7, 11) is 2.07. The van der Waals surface area contributed by atoms with Crippen LogP contribution in [0.1, 0.15) is 37.2 Å². The number of likely N-dealkylation sites (N-methyl/N-ethyl adjacent to an activating group) is 1. The number of hydrogen-bond donors (Lipinski definition) is 1. The highest BCUT2D eigenvalue weighted by molar-refractivity contribution is 5.21. The molecule has 1 aliphatic rings. The van der Waals surface area contributed by atoms with Crippen LogP contribution in [0.4, 0.5) is 4.39 Å². The Hall–Kier alpha value is -0.930. The Morgan fingerprint density at radius 2 is 2.00 bits per heavy atom. The van der Waals surface area contributed by atoms with E-state index < -0.39 is 0 Å². The third-order valence-corrected chi connectivity index (χ3v) is 4.18. The molecule has 0 aromatic heterocycles. The van der Waals surface area contributed by atoms with Gasteiger partial charge >= 0.3 is 0 Å². The molecule has 0 saturated heterocycles. The van der Waals surface area contributed by atoms with E-state index in [2.05, 4.69) is 11.9 Å². The molecule has 1 N–H and O–H groups in total. The van der Waals surface area contributed by atoms with Gasteiger partial charge in [0, 0.05) is 13.1 Å². The molecule has 19 heavy (non-hydrogen) atoms. The lowest BCUT2D eigenvalue weighted by Crippen LogP contribution is -2.30. The lowest BCUT2D eigenvalue weighted by Gasteiger charge is -2.32. The second kappa shape index (κ2) is 7.01. The molecular weight excluding hydrogens is 241 g/mol. The van der Waals surface area contributed by atoms with Crippen molar-refractivity contribution < 1.29 is 9.50 Å². The van der Waals surface area contributed by atoms with E-state index >= 15 is 0 Å². The summed E-state index contributed by atoms with van der Waals surface area (Å²) in [4.78, 5) is 2.21. The summed E-state index contributed by atoms with van der Waals surface area (Å²) < 4.78 is 13.0. The minimum absolute atomic E-state index is 0.154. The van der Waals surface area contributed by atoms with Crippen molar-refractivity contribution in [1.29, 1.82) is 0 Å². The molecule has 3 heteroatoms. The van der Waals surface area contributed by atoms with Gasteiger partial charge in [0.25, 0.3) is 0 Å². The van der Waals surface area contributed by atoms with Gasteiger partial charge in [0.2, 0.25) is 0 Å². The third-order valence-electron chi connectivity index (χ3n) is 4.18. The lowest BCUT2D eigenvalue weighted by molar-refractivity contribution is 0.180. The second-order valence-electron chi connectivity index (χ2n) is 5.77. The molecule has 0 unspecified atom stereocenters. The highest BCUT2D eigenvalue weighted by Gasteiger charge is 2.23. The van der Waals surface area contributed by atoms with Crippen molar-refractivity contribution in [3.05, 3.63) is 35.6 Å². The zero-order valence-electron chi connectivity index (χ0n) is 11.7. The molecular formula is C16H24FNO. The molecule has 1 fully saturated rings. The van der Waals surface area contributed by atoms with Crippen molar-refractivity contribution in [1.82, 2.24) is 4.90 Å². The molecule has 0 heterocycles. The first-order chi connectivity index (χ1) is 9.19. The van der Waals surface area contributed by atoms with E-state index in [1.807, 2.05) is 12.1 Å². The first-order valence-electron chi connectivity index (χ1n) is 7.24. The van der Waals surface area contributed by atoms with Crippen molar-refractivity contribution in [2.45, 2.75) is 31.6 Å². The van der Waals surface area contributed by atoms with Gasteiger partial charge in [-0.25, -0.2) is 4.39 Å². The average molecular weight is 265 g/mol. The number of rotatable bonds is 5. The van der Waals surface area contributed by atoms with E-state index in [4.69, 9.17) is 5.11 Å². The van der Waals surface area contributed by atoms with Gasteiger partial charge in [-0.05, 0) is 55.8 Å². The van der Waals surface area contributed by atoms with Gasteiger partial charge in [0.1, 0.15) is 5.82 Å². The molecule has 1 aromatic rings. The van der Waals surface area contributed by atoms with Gasteiger partial charge in [0.15, 0.2) is 0 Å². The summed E-state index contributed by atoms with van der Waals surface area (Å²) in [6.07, 6.45) is 4.92. The molecule has 0 radical (unpaired) electrons. The molecule has 0 bridgehead atoms. The molecule has 0 spiro atoms. The number of hydrogen-bond acceptors (Lipinski definition) is 2. The summed E-state index contributed by atoms with van der Waals surface area (Å²) in [6, 6.07) is 6.99. The van der Waals surface area contributed by atoms with Crippen LogP contribution in [-0.2, 0) is 0 Å². The zero-order valence-corrected chi connectivity index (χ0v) is 11.7. The quantitative estimate of drug-likeness (QED) is 0.884. The van der Waals surface area contributed by atoms with Crippen molar-refractivity contribution in [3.63, 3.8) is 0 Å². The first kappa shape index (κ1) is 14.5. The van der Waals surface area contributed by atoms with Crippen molar-refractivity contribution >= 4 is 0 Å². The van der Waals surface area contributed by atoms with Crippen molar-refractivity contribution in [2.24, 2.45) is 5.92 Å². The van der Waals surface area contributed by atoms with Gasteiger partial charge in [-0.3, -0.25) is 0 Å². The maximum absolute atomic E-state index is 13.0. The van der Waals surface area contributed by atoms with Crippen LogP contribution in [0.15, 0.2) is 24.3 Å². The molecule has 106 valence electrons. The Kier molecular flexibility index (Phi) is 5.34. The van der Waals surface area contributed by atoms with Crippen LogP contribution in [0.3, 0.4) is 0 Å². The topological polar surface area (TPSA) is 23.5 Å². The Labute approximate surface area is 115 Å². The molecule has 1 aliphatic carbocycles. The molecule has 2 nitrogen and oxygen atoms in total. The Bertz CT molecular complexity index is 379. The Morgan fingerprint density at radius 3 is 2.68 bits per heavy atom. The molecule has 2 rings (SSSR count). The largest absolute Gasteiger partial charge is 0.395 e. The fourth-order valence-electron chi connectivity index (χ4n) is 3.20. The maximum atomic E-state index is 13.0. The zero-order chi connectivity index (χ0) is 13.7. The summed E-state index contributed by atoms with van der Waals surface area (Å²) >= 11 is 0. The number of benzene rings is 1. The lowest BCUT2D eigenvalue weighted by atomic mass is 9.78. The summed E-state index contributed by atoms with van der Waals surface area (Å²) in [5, 5.41) is 8.94. The number of aliphatic hydroxyl groups is 1. The molecule has 1 aromatic carbocycles. The van der Waals surface area contributed by atoms with Gasteiger partial charge < -0.3 is 10.0 Å². The molecule has 0 amide bonds. The standard InChI is InChI=1S/C16H24FNO/c1-18(9-10-19)12-13-3-2-4-15(11-13)14-5-7-16(17)8-6-14/h5-8,13,15,19H,2-4,9-12H2,1H3/t13-,15-/m1/s1. The predicted molar refractivity (Wildman–Crippen MR) is 75.7 cm³/mol. The molecule has 1 saturated carbocycles. The monoisotopic (exact) mass is 265 g/mol. The highest BCUT2D eigenvalue weighted by Crippen LogP contribution is 2.36. The summed E-state index contributed by atoms with van der Waals surface area (Å²) in [5.41, 5.74) is 1.27. The van der Waals surface area contributed by atoms with E-state index in [0.29, 0.717) is 11.8 Å². The highest BCUT2D eigenvalue weighted by atomic mass is 19.1. The fourth-order valence-corrected chi connectivity index (χ4v) is 3.20. The van der Waals surface area contributed by atoms with Crippen molar-refractivity contribution in [3.8, 4) is 0 Å². The van der Waals surface area contributed by atoms with E-state index in [1.54, 1.807) is 12.1 Å². The van der Waals surface area contributed by atoms with Crippen LogP contribution in [0, 0.1) is 11.7 Å². The summed E-state index contributed by atoms with van der Waals surface area (Å²) in [5.74, 6) is 1.11. The number of nitrogens with zero attached hydrogens (tertiary/aromatic N) is 1. The molecule has 2 atom stereocenters. The van der Waals surface area contributed by atoms with Crippen LogP contribution in [0.2, 0.25) is 0 Å². The van der Waals surface area contributed by atoms with Crippen LogP contribution in [0.25, 0.3) is 0 Å². The maximum Gasteiger partial charge on any atom is 0.123 e. The van der Waals surface area contributed by atoms with E-state index in [0.717, 1.165) is 13.1 Å². The summed E-state index contributed by atoms with van der Waals surface area (Å²) in [6.45, 7) is 2.03. The van der Waals surface area contributed by atoms with E-state index in [1.165, 1.54) is 31.2 Å². The Morgan fingerprint density at radius 1 is 1.26 bits per heavy atom. The number of halogens is 1. The Balaban J connectivity index is 1.91. The normalized spacial score (nSPS) is 23.8. The third kappa shape index (κ3) is 4.29. The minimum Gasteiger partial charge on any atom is -0.395 e. The minimum atomic E-state index is -0.154. The fraction of sp³-hybridized carbons (Fsp3) is 0.625. The van der Waals surface area contributed by atoms with Gasteiger partial charge in [-0.1, -0.05) is 18.6 Å². The second-order valence-corrected chi connectivity index (χ2v) is 5.77. The van der Waals surface area contributed by atoms with Crippen molar-refractivity contribution in [2.75, 3.05) is 26.7 Å². The first-order valence-corrected chi connectivity index (χ1v) is 7.24. The number of aliphatic hydroxyl groups excluding tert-OH is 1.